The van der Waals surface area contributed by atoms with E-state index < -0.39 is 0 Å². The van der Waals surface area contributed by atoms with Crippen LogP contribution in [0.25, 0.3) is 0 Å². The number of rotatable bonds is 5. The molecule has 0 aromatic heterocycles. The van der Waals surface area contributed by atoms with Gasteiger partial charge in [0.2, 0.25) is 0 Å². The Morgan fingerprint density at radius 2 is 1.95 bits per heavy atom. The number of nitrogens with one attached hydrogen (secondary N) is 2. The fourth-order valence-corrected chi connectivity index (χ4v) is 2.26. The number of hydroxylamine groups is 1. The van der Waals surface area contributed by atoms with E-state index in [0.29, 0.717) is 6.61 Å². The second kappa shape index (κ2) is 7.81. The fraction of sp³-hybridized carbons (Fsp3) is 0.188. The van der Waals surface area contributed by atoms with Gasteiger partial charge in [-0.05, 0) is 30.2 Å². The summed E-state index contributed by atoms with van der Waals surface area (Å²) in [5.74, 6) is 0. The first-order valence-electron chi connectivity index (χ1n) is 6.63. The summed E-state index contributed by atoms with van der Waals surface area (Å²) in [6.07, 6.45) is 0. The Hall–Kier alpha value is -1.85. The Kier molecular flexibility index (Phi) is 5.78. The molecular weight excluding hydrogens is 332 g/mol. The van der Waals surface area contributed by atoms with Crippen LogP contribution in [-0.4, -0.2) is 6.03 Å². The number of carbonyl (C=O) groups excluding carboxylic acids is 1. The molecular formula is C16H17BrN2O2. The van der Waals surface area contributed by atoms with Crippen LogP contribution in [0.15, 0.2) is 59.1 Å². The number of benzene rings is 2. The van der Waals surface area contributed by atoms with Crippen LogP contribution < -0.4 is 10.8 Å². The summed E-state index contributed by atoms with van der Waals surface area (Å²) in [4.78, 5) is 16.9. The van der Waals surface area contributed by atoms with Crippen molar-refractivity contribution in [3.63, 3.8) is 0 Å². The lowest BCUT2D eigenvalue weighted by Gasteiger charge is -2.15. The molecule has 21 heavy (non-hydrogen) atoms. The maximum Gasteiger partial charge on any atom is 0.339 e. The predicted octanol–water partition coefficient (Wildman–Crippen LogP) is 3.94. The molecule has 0 aliphatic heterocycles. The Bertz CT molecular complexity index is 590. The molecule has 0 aliphatic carbocycles. The molecule has 2 amide bonds. The maximum atomic E-state index is 11.7. The molecule has 2 rings (SSSR count). The molecule has 2 aromatic carbocycles. The van der Waals surface area contributed by atoms with Crippen molar-refractivity contribution in [2.45, 2.75) is 19.6 Å². The monoisotopic (exact) mass is 348 g/mol. The lowest BCUT2D eigenvalue weighted by atomic mass is 10.1. The average Bonchev–Trinajstić information content (AvgIpc) is 2.48. The predicted molar refractivity (Wildman–Crippen MR) is 85.5 cm³/mol. The summed E-state index contributed by atoms with van der Waals surface area (Å²) < 4.78 is 0.981. The number of urea groups is 1. The lowest BCUT2D eigenvalue weighted by Crippen LogP contribution is -2.36. The molecule has 0 radical (unpaired) electrons. The Morgan fingerprint density at radius 3 is 2.67 bits per heavy atom. The number of hydrogen-bond donors (Lipinski definition) is 2. The van der Waals surface area contributed by atoms with Crippen LogP contribution in [-0.2, 0) is 11.4 Å². The van der Waals surface area contributed by atoms with Crippen LogP contribution in [0.2, 0.25) is 0 Å². The summed E-state index contributed by atoms with van der Waals surface area (Å²) in [5.41, 5.74) is 4.40. The van der Waals surface area contributed by atoms with E-state index in [0.717, 1.165) is 15.6 Å². The van der Waals surface area contributed by atoms with Gasteiger partial charge in [-0.2, -0.15) is 0 Å². The van der Waals surface area contributed by atoms with Gasteiger partial charge in [-0.3, -0.25) is 4.84 Å². The van der Waals surface area contributed by atoms with Gasteiger partial charge in [0.25, 0.3) is 0 Å². The van der Waals surface area contributed by atoms with Gasteiger partial charge in [-0.15, -0.1) is 0 Å². The minimum atomic E-state index is -0.363. The Morgan fingerprint density at radius 1 is 1.19 bits per heavy atom. The van der Waals surface area contributed by atoms with E-state index in [4.69, 9.17) is 4.84 Å². The zero-order chi connectivity index (χ0) is 15.1. The quantitative estimate of drug-likeness (QED) is 0.804. The second-order valence-corrected chi connectivity index (χ2v) is 5.54. The van der Waals surface area contributed by atoms with Gasteiger partial charge in [0, 0.05) is 4.47 Å². The fourth-order valence-electron chi connectivity index (χ4n) is 1.84. The van der Waals surface area contributed by atoms with E-state index in [1.54, 1.807) is 0 Å². The van der Waals surface area contributed by atoms with E-state index in [1.165, 1.54) is 0 Å². The van der Waals surface area contributed by atoms with E-state index in [1.807, 2.05) is 61.5 Å². The molecule has 2 aromatic rings. The van der Waals surface area contributed by atoms with Crippen molar-refractivity contribution in [1.82, 2.24) is 10.8 Å². The highest BCUT2D eigenvalue weighted by Gasteiger charge is 2.09. The largest absolute Gasteiger partial charge is 0.339 e. The van der Waals surface area contributed by atoms with Crippen molar-refractivity contribution in [3.8, 4) is 0 Å². The van der Waals surface area contributed by atoms with Crippen LogP contribution in [0.1, 0.15) is 24.1 Å². The van der Waals surface area contributed by atoms with E-state index >= 15 is 0 Å². The highest BCUT2D eigenvalue weighted by molar-refractivity contribution is 9.10. The summed E-state index contributed by atoms with van der Waals surface area (Å²) in [6.45, 7) is 2.25. The normalized spacial score (nSPS) is 11.7. The zero-order valence-electron chi connectivity index (χ0n) is 11.7. The molecule has 0 spiro atoms. The third kappa shape index (κ3) is 5.21. The molecule has 0 heterocycles. The van der Waals surface area contributed by atoms with Crippen molar-refractivity contribution in [2.75, 3.05) is 0 Å². The van der Waals surface area contributed by atoms with Crippen LogP contribution in [0.4, 0.5) is 4.79 Å². The molecule has 5 heteroatoms. The molecule has 2 N–H and O–H groups in total. The molecule has 4 nitrogen and oxygen atoms in total. The topological polar surface area (TPSA) is 50.4 Å². The van der Waals surface area contributed by atoms with Gasteiger partial charge in [0.1, 0.15) is 0 Å². The van der Waals surface area contributed by atoms with Gasteiger partial charge in [-0.25, -0.2) is 10.3 Å². The van der Waals surface area contributed by atoms with Crippen LogP contribution >= 0.6 is 15.9 Å². The van der Waals surface area contributed by atoms with Crippen molar-refractivity contribution in [3.05, 3.63) is 70.2 Å². The first kappa shape index (κ1) is 15.5. The van der Waals surface area contributed by atoms with Gasteiger partial charge < -0.3 is 5.32 Å². The third-order valence-corrected chi connectivity index (χ3v) is 3.44. The van der Waals surface area contributed by atoms with Gasteiger partial charge in [0.15, 0.2) is 0 Å². The smallest absolute Gasteiger partial charge is 0.330 e. The van der Waals surface area contributed by atoms with Crippen LogP contribution in [0.3, 0.4) is 0 Å². The van der Waals surface area contributed by atoms with E-state index in [-0.39, 0.29) is 12.1 Å². The van der Waals surface area contributed by atoms with Crippen molar-refractivity contribution >= 4 is 22.0 Å². The van der Waals surface area contributed by atoms with Crippen LogP contribution in [0, 0.1) is 0 Å². The van der Waals surface area contributed by atoms with Crippen molar-refractivity contribution in [1.29, 1.82) is 0 Å². The summed E-state index contributed by atoms with van der Waals surface area (Å²) in [5, 5.41) is 2.81. The zero-order valence-corrected chi connectivity index (χ0v) is 13.3. The van der Waals surface area contributed by atoms with Gasteiger partial charge in [-0.1, -0.05) is 58.4 Å². The summed E-state index contributed by atoms with van der Waals surface area (Å²) in [6, 6.07) is 17.0. The van der Waals surface area contributed by atoms with Gasteiger partial charge >= 0.3 is 6.03 Å². The molecule has 0 aliphatic rings. The SMILES string of the molecule is CC(NC(=O)NOCc1ccccc1)c1cccc(Br)c1. The summed E-state index contributed by atoms with van der Waals surface area (Å²) >= 11 is 3.41. The highest BCUT2D eigenvalue weighted by Crippen LogP contribution is 2.17. The highest BCUT2D eigenvalue weighted by atomic mass is 79.9. The number of halogens is 1. The molecule has 0 bridgehead atoms. The Labute approximate surface area is 132 Å². The number of hydrogen-bond acceptors (Lipinski definition) is 2. The molecule has 0 saturated heterocycles. The minimum absolute atomic E-state index is 0.108. The average molecular weight is 349 g/mol. The van der Waals surface area contributed by atoms with Gasteiger partial charge in [0.05, 0.1) is 12.6 Å². The second-order valence-electron chi connectivity index (χ2n) is 4.63. The molecule has 0 saturated carbocycles. The maximum absolute atomic E-state index is 11.7. The van der Waals surface area contributed by atoms with Crippen molar-refractivity contribution < 1.29 is 9.63 Å². The lowest BCUT2D eigenvalue weighted by molar-refractivity contribution is 0.0483. The van der Waals surface area contributed by atoms with Crippen LogP contribution in [0.5, 0.6) is 0 Å². The molecule has 1 atom stereocenters. The summed E-state index contributed by atoms with van der Waals surface area (Å²) in [7, 11) is 0. The molecule has 110 valence electrons. The standard InChI is InChI=1S/C16H17BrN2O2/c1-12(14-8-5-9-15(17)10-14)18-16(20)19-21-11-13-6-3-2-4-7-13/h2-10,12H,11H2,1H3,(H2,18,19,20). The number of amides is 2. The first-order chi connectivity index (χ1) is 10.1. The Balaban J connectivity index is 1.76. The van der Waals surface area contributed by atoms with E-state index in [2.05, 4.69) is 26.7 Å². The van der Waals surface area contributed by atoms with Crippen molar-refractivity contribution in [2.24, 2.45) is 0 Å². The molecule has 0 fully saturated rings. The third-order valence-electron chi connectivity index (χ3n) is 2.94. The number of carbonyl (C=O) groups is 1. The minimum Gasteiger partial charge on any atom is -0.330 e. The first-order valence-corrected chi connectivity index (χ1v) is 7.42. The molecule has 1 unspecified atom stereocenters. The van der Waals surface area contributed by atoms with E-state index in [9.17, 15) is 4.79 Å².